The van der Waals surface area contributed by atoms with Crippen molar-refractivity contribution >= 4 is 23.5 Å². The Bertz CT molecular complexity index is 490. The van der Waals surface area contributed by atoms with Gasteiger partial charge in [-0.25, -0.2) is 4.79 Å². The monoisotopic (exact) mass is 313 g/mol. The number of aliphatic carboxylic acids is 1. The van der Waals surface area contributed by atoms with E-state index in [0.29, 0.717) is 17.2 Å². The molecule has 1 aromatic rings. The van der Waals surface area contributed by atoms with Crippen LogP contribution in [0.4, 0.5) is 0 Å². The number of carbonyl (C=O) groups excluding carboxylic acids is 1. The normalized spacial score (nSPS) is 12.0. The number of benzene rings is 1. The molecule has 0 aromatic heterocycles. The highest BCUT2D eigenvalue weighted by Gasteiger charge is 2.20. The van der Waals surface area contributed by atoms with E-state index in [1.165, 1.54) is 0 Å². The van der Waals surface area contributed by atoms with Crippen LogP contribution in [0.25, 0.3) is 0 Å². The molecule has 0 saturated heterocycles. The summed E-state index contributed by atoms with van der Waals surface area (Å²) in [6.45, 7) is 3.95. The zero-order chi connectivity index (χ0) is 15.8. The molecule has 1 atom stereocenters. The number of carboxylic acid groups (broad SMARTS) is 1. The van der Waals surface area contributed by atoms with Gasteiger partial charge in [0.25, 0.3) is 0 Å². The minimum atomic E-state index is -1.02. The second-order valence-corrected chi connectivity index (χ2v) is 5.52. The van der Waals surface area contributed by atoms with E-state index in [9.17, 15) is 9.59 Å². The van der Waals surface area contributed by atoms with E-state index >= 15 is 0 Å². The van der Waals surface area contributed by atoms with Gasteiger partial charge in [0.05, 0.1) is 18.1 Å². The van der Waals surface area contributed by atoms with E-state index in [2.05, 4.69) is 5.32 Å². The van der Waals surface area contributed by atoms with Crippen molar-refractivity contribution in [3.8, 4) is 5.75 Å². The first-order valence-corrected chi connectivity index (χ1v) is 7.17. The Morgan fingerprint density at radius 3 is 2.57 bits per heavy atom. The predicted molar refractivity (Wildman–Crippen MR) is 80.6 cm³/mol. The lowest BCUT2D eigenvalue weighted by Crippen LogP contribution is -2.42. The number of hydrogen-bond acceptors (Lipinski definition) is 3. The number of hydrogen-bond donors (Lipinski definition) is 2. The highest BCUT2D eigenvalue weighted by Crippen LogP contribution is 2.23. The molecule has 1 aromatic carbocycles. The fourth-order valence-corrected chi connectivity index (χ4v) is 1.97. The summed E-state index contributed by atoms with van der Waals surface area (Å²) in [4.78, 5) is 22.8. The molecular weight excluding hydrogens is 294 g/mol. The molecule has 5 nitrogen and oxygen atoms in total. The van der Waals surface area contributed by atoms with Gasteiger partial charge in [-0.15, -0.1) is 0 Å². The smallest absolute Gasteiger partial charge is 0.326 e. The first-order valence-electron chi connectivity index (χ1n) is 6.79. The first kappa shape index (κ1) is 17.3. The molecule has 0 unspecified atom stereocenters. The largest absolute Gasteiger partial charge is 0.491 e. The molecule has 0 radical (unpaired) electrons. The highest BCUT2D eigenvalue weighted by atomic mass is 35.5. The van der Waals surface area contributed by atoms with Crippen molar-refractivity contribution < 1.29 is 19.4 Å². The topological polar surface area (TPSA) is 75.6 Å². The van der Waals surface area contributed by atoms with Gasteiger partial charge in [-0.2, -0.15) is 0 Å². The van der Waals surface area contributed by atoms with Crippen LogP contribution in [0.15, 0.2) is 24.3 Å². The molecule has 0 aliphatic rings. The minimum Gasteiger partial charge on any atom is -0.491 e. The number of halogens is 1. The van der Waals surface area contributed by atoms with Gasteiger partial charge < -0.3 is 15.2 Å². The van der Waals surface area contributed by atoms with E-state index in [1.54, 1.807) is 24.3 Å². The number of rotatable bonds is 8. The Kier molecular flexibility index (Phi) is 7.02. The fraction of sp³-hybridized carbons (Fsp3) is 0.467. The van der Waals surface area contributed by atoms with Gasteiger partial charge in [0.15, 0.2) is 0 Å². The van der Waals surface area contributed by atoms with Crippen molar-refractivity contribution in [1.82, 2.24) is 5.32 Å². The molecule has 0 saturated carbocycles. The molecule has 0 spiro atoms. The average molecular weight is 314 g/mol. The van der Waals surface area contributed by atoms with Gasteiger partial charge in [0.1, 0.15) is 11.8 Å². The van der Waals surface area contributed by atoms with Crippen LogP contribution in [0.1, 0.15) is 26.7 Å². The number of nitrogens with one attached hydrogen (secondary N) is 1. The van der Waals surface area contributed by atoms with Crippen LogP contribution >= 0.6 is 11.6 Å². The molecule has 1 rings (SSSR count). The summed E-state index contributed by atoms with van der Waals surface area (Å²) in [5, 5.41) is 12.0. The minimum absolute atomic E-state index is 0.0765. The van der Waals surface area contributed by atoms with E-state index in [0.717, 1.165) is 0 Å². The van der Waals surface area contributed by atoms with Gasteiger partial charge >= 0.3 is 5.97 Å². The summed E-state index contributed by atoms with van der Waals surface area (Å²) in [5.41, 5.74) is 0. The Morgan fingerprint density at radius 1 is 1.33 bits per heavy atom. The Morgan fingerprint density at radius 2 is 2.00 bits per heavy atom. The second-order valence-electron chi connectivity index (χ2n) is 5.12. The number of amides is 1. The van der Waals surface area contributed by atoms with Gasteiger partial charge in [-0.05, 0) is 24.5 Å². The predicted octanol–water partition coefficient (Wildman–Crippen LogP) is 2.72. The fourth-order valence-electron chi connectivity index (χ4n) is 1.77. The van der Waals surface area contributed by atoms with E-state index < -0.39 is 12.0 Å². The molecule has 0 aliphatic heterocycles. The summed E-state index contributed by atoms with van der Waals surface area (Å²) in [6, 6.07) is 6.10. The second kappa shape index (κ2) is 8.52. The Hall–Kier alpha value is -1.75. The molecule has 0 aliphatic carbocycles. The lowest BCUT2D eigenvalue weighted by atomic mass is 10.0. The summed E-state index contributed by atoms with van der Waals surface area (Å²) in [6.07, 6.45) is 0.472. The van der Waals surface area contributed by atoms with Gasteiger partial charge in [-0.3, -0.25) is 4.79 Å². The molecule has 116 valence electrons. The molecule has 1 amide bonds. The van der Waals surface area contributed by atoms with Gasteiger partial charge in [0.2, 0.25) is 5.91 Å². The lowest BCUT2D eigenvalue weighted by molar-refractivity contribution is -0.142. The van der Waals surface area contributed by atoms with Crippen molar-refractivity contribution in [3.05, 3.63) is 29.3 Å². The average Bonchev–Trinajstić information content (AvgIpc) is 2.39. The van der Waals surface area contributed by atoms with Crippen LogP contribution in [0.3, 0.4) is 0 Å². The number of carboxylic acids is 1. The summed E-state index contributed by atoms with van der Waals surface area (Å²) < 4.78 is 5.39. The summed E-state index contributed by atoms with van der Waals surface area (Å²) in [7, 11) is 0. The van der Waals surface area contributed by atoms with Crippen molar-refractivity contribution in [2.45, 2.75) is 32.7 Å². The zero-order valence-electron chi connectivity index (χ0n) is 12.1. The van der Waals surface area contributed by atoms with Gasteiger partial charge in [0, 0.05) is 0 Å². The SMILES string of the molecule is CC(C)C[C@@H](NC(=O)CCOc1ccccc1Cl)C(=O)O. The van der Waals surface area contributed by atoms with E-state index in [4.69, 9.17) is 21.4 Å². The van der Waals surface area contributed by atoms with Crippen molar-refractivity contribution in [1.29, 1.82) is 0 Å². The molecule has 2 N–H and O–H groups in total. The van der Waals surface area contributed by atoms with Crippen LogP contribution in [-0.4, -0.2) is 29.6 Å². The maximum absolute atomic E-state index is 11.7. The van der Waals surface area contributed by atoms with Crippen molar-refractivity contribution in [2.24, 2.45) is 5.92 Å². The van der Waals surface area contributed by atoms with E-state index in [1.807, 2.05) is 13.8 Å². The van der Waals surface area contributed by atoms with Crippen LogP contribution in [0, 0.1) is 5.92 Å². The van der Waals surface area contributed by atoms with Crippen LogP contribution in [0.5, 0.6) is 5.75 Å². The zero-order valence-corrected chi connectivity index (χ0v) is 12.9. The summed E-state index contributed by atoms with van der Waals surface area (Å²) >= 11 is 5.92. The quantitative estimate of drug-likeness (QED) is 0.773. The maximum Gasteiger partial charge on any atom is 0.326 e. The maximum atomic E-state index is 11.7. The van der Waals surface area contributed by atoms with Crippen LogP contribution in [-0.2, 0) is 9.59 Å². The lowest BCUT2D eigenvalue weighted by Gasteiger charge is -2.16. The Balaban J connectivity index is 2.39. The molecular formula is C15H20ClNO4. The third-order valence-corrected chi connectivity index (χ3v) is 3.08. The Labute approximate surface area is 129 Å². The molecule has 0 bridgehead atoms. The van der Waals surface area contributed by atoms with E-state index in [-0.39, 0.29) is 24.9 Å². The molecule has 0 heterocycles. The highest BCUT2D eigenvalue weighted by molar-refractivity contribution is 6.32. The van der Waals surface area contributed by atoms with Gasteiger partial charge in [-0.1, -0.05) is 37.6 Å². The van der Waals surface area contributed by atoms with Crippen molar-refractivity contribution in [2.75, 3.05) is 6.61 Å². The summed E-state index contributed by atoms with van der Waals surface area (Å²) in [5.74, 6) is -0.686. The number of carbonyl (C=O) groups is 2. The van der Waals surface area contributed by atoms with Crippen molar-refractivity contribution in [3.63, 3.8) is 0 Å². The third kappa shape index (κ3) is 6.49. The molecule has 0 fully saturated rings. The number of para-hydroxylation sites is 1. The molecule has 21 heavy (non-hydrogen) atoms. The third-order valence-electron chi connectivity index (χ3n) is 2.76. The molecule has 6 heteroatoms. The van der Waals surface area contributed by atoms with Crippen LogP contribution < -0.4 is 10.1 Å². The van der Waals surface area contributed by atoms with Crippen LogP contribution in [0.2, 0.25) is 5.02 Å². The number of ether oxygens (including phenoxy) is 1. The first-order chi connectivity index (χ1) is 9.90. The standard InChI is InChI=1S/C15H20ClNO4/c1-10(2)9-12(15(19)20)17-14(18)7-8-21-13-6-4-3-5-11(13)16/h3-6,10,12H,7-9H2,1-2H3,(H,17,18)(H,19,20)/t12-/m1/s1.